The van der Waals surface area contributed by atoms with Crippen molar-refractivity contribution >= 4 is 28.0 Å². The van der Waals surface area contributed by atoms with E-state index in [0.717, 1.165) is 58.7 Å². The van der Waals surface area contributed by atoms with Crippen molar-refractivity contribution in [3.05, 3.63) is 54.1 Å². The number of nitrogens with two attached hydrogens (primary N) is 1. The summed E-state index contributed by atoms with van der Waals surface area (Å²) in [6, 6.07) is 15.4. The SMILES string of the molecule is COc1ccc(-c2ccc3cc(-c4nc5cc(C(=O)N6CC7CCC6C7N)cc(OC)c5n4C)n(CC4CC4)c3n2)cc1O. The molecular weight excluding hydrogens is 556 g/mol. The molecule has 2 saturated carbocycles. The van der Waals surface area contributed by atoms with Gasteiger partial charge in [-0.15, -0.1) is 0 Å². The maximum atomic E-state index is 13.7. The van der Waals surface area contributed by atoms with Crippen molar-refractivity contribution in [1.82, 2.24) is 24.0 Å². The van der Waals surface area contributed by atoms with E-state index in [1.807, 2.05) is 36.2 Å². The Morgan fingerprint density at radius 1 is 1.00 bits per heavy atom. The van der Waals surface area contributed by atoms with Gasteiger partial charge in [-0.05, 0) is 86.1 Å². The van der Waals surface area contributed by atoms with E-state index in [1.165, 1.54) is 20.0 Å². The molecule has 2 bridgehead atoms. The molecule has 2 aromatic carbocycles. The highest BCUT2D eigenvalue weighted by Gasteiger charge is 2.47. The second kappa shape index (κ2) is 9.99. The Bertz CT molecular complexity index is 1960. The number of pyridine rings is 1. The van der Waals surface area contributed by atoms with Crippen LogP contribution in [0.4, 0.5) is 0 Å². The van der Waals surface area contributed by atoms with Gasteiger partial charge in [-0.1, -0.05) is 0 Å². The minimum atomic E-state index is -0.0100. The third-order valence-electron chi connectivity index (χ3n) is 9.90. The van der Waals surface area contributed by atoms with Gasteiger partial charge in [0, 0.05) is 48.7 Å². The molecule has 10 heteroatoms. The van der Waals surface area contributed by atoms with E-state index < -0.39 is 0 Å². The number of piperidine rings is 1. The van der Waals surface area contributed by atoms with Gasteiger partial charge < -0.3 is 34.3 Å². The normalized spacial score (nSPS) is 21.1. The first-order chi connectivity index (χ1) is 21.3. The summed E-state index contributed by atoms with van der Waals surface area (Å²) in [4.78, 5) is 25.8. The molecule has 3 aliphatic rings. The van der Waals surface area contributed by atoms with Crippen molar-refractivity contribution < 1.29 is 19.4 Å². The average molecular weight is 593 g/mol. The summed E-state index contributed by atoms with van der Waals surface area (Å²) in [5.74, 6) is 2.87. The summed E-state index contributed by atoms with van der Waals surface area (Å²) in [6.07, 6.45) is 4.44. The van der Waals surface area contributed by atoms with E-state index in [4.69, 9.17) is 25.2 Å². The molecule has 4 heterocycles. The summed E-state index contributed by atoms with van der Waals surface area (Å²) < 4.78 is 15.4. The van der Waals surface area contributed by atoms with Gasteiger partial charge in [0.2, 0.25) is 0 Å². The molecule has 10 nitrogen and oxygen atoms in total. The van der Waals surface area contributed by atoms with Gasteiger partial charge in [0.1, 0.15) is 16.9 Å². The smallest absolute Gasteiger partial charge is 0.254 e. The number of phenols is 1. The number of fused-ring (bicyclic) bond motifs is 4. The molecule has 5 aromatic rings. The number of hydrogen-bond acceptors (Lipinski definition) is 7. The maximum Gasteiger partial charge on any atom is 0.254 e. The topological polar surface area (TPSA) is 121 Å². The number of nitrogens with zero attached hydrogens (tertiary/aromatic N) is 5. The van der Waals surface area contributed by atoms with Gasteiger partial charge in [-0.25, -0.2) is 9.97 Å². The molecule has 8 rings (SSSR count). The van der Waals surface area contributed by atoms with Crippen LogP contribution in [0.1, 0.15) is 36.0 Å². The number of imidazole rings is 1. The molecule has 0 spiro atoms. The number of rotatable bonds is 7. The molecule has 1 aliphatic heterocycles. The minimum absolute atomic E-state index is 0.0100. The minimum Gasteiger partial charge on any atom is -0.504 e. The molecule has 1 saturated heterocycles. The lowest BCUT2D eigenvalue weighted by Crippen LogP contribution is -2.41. The van der Waals surface area contributed by atoms with Crippen LogP contribution in [0.3, 0.4) is 0 Å². The lowest BCUT2D eigenvalue weighted by Gasteiger charge is -2.27. The second-order valence-corrected chi connectivity index (χ2v) is 12.6. The molecule has 3 aromatic heterocycles. The Kier molecular flexibility index (Phi) is 6.13. The molecule has 44 heavy (non-hydrogen) atoms. The molecule has 3 unspecified atom stereocenters. The lowest BCUT2D eigenvalue weighted by molar-refractivity contribution is 0.0700. The van der Waals surface area contributed by atoms with Crippen LogP contribution in [0.15, 0.2) is 48.5 Å². The summed E-state index contributed by atoms with van der Waals surface area (Å²) in [6.45, 7) is 1.55. The zero-order valence-electron chi connectivity index (χ0n) is 25.2. The predicted molar refractivity (Wildman–Crippen MR) is 168 cm³/mol. The van der Waals surface area contributed by atoms with Crippen LogP contribution < -0.4 is 15.2 Å². The first-order valence-electron chi connectivity index (χ1n) is 15.3. The quantitative estimate of drug-likeness (QED) is 0.274. The number of phenolic OH excluding ortho intramolecular Hbond substituents is 1. The fourth-order valence-electron chi connectivity index (χ4n) is 7.33. The van der Waals surface area contributed by atoms with Crippen molar-refractivity contribution in [3.63, 3.8) is 0 Å². The molecular formula is C34H36N6O4. The summed E-state index contributed by atoms with van der Waals surface area (Å²) in [7, 11) is 5.16. The van der Waals surface area contributed by atoms with Crippen molar-refractivity contribution in [3.8, 4) is 40.0 Å². The van der Waals surface area contributed by atoms with Crippen LogP contribution in [0.2, 0.25) is 0 Å². The number of ether oxygens (including phenoxy) is 2. The number of amides is 1. The van der Waals surface area contributed by atoms with Gasteiger partial charge in [0.15, 0.2) is 17.3 Å². The predicted octanol–water partition coefficient (Wildman–Crippen LogP) is 4.95. The first-order valence-corrected chi connectivity index (χ1v) is 15.3. The van der Waals surface area contributed by atoms with Gasteiger partial charge in [-0.2, -0.15) is 0 Å². The molecule has 3 fully saturated rings. The third kappa shape index (κ3) is 4.15. The fourth-order valence-corrected chi connectivity index (χ4v) is 7.33. The average Bonchev–Trinajstić information content (AvgIpc) is 3.44. The standard InChI is InChI=1S/C34H36N6O4/c1-38-31-24(12-22(15-29(31)44-3)34(42)40-17-21-7-10-25(40)30(21)35)37-33(38)26-13-20-6-9-23(19-8-11-28(43-2)27(41)14-19)36-32(20)39(26)16-18-4-5-18/h6,8-9,11-15,18,21,25,30,41H,4-5,7,10,16-17,35H2,1-3H3. The van der Waals surface area contributed by atoms with Crippen LogP contribution in [-0.2, 0) is 13.6 Å². The number of aromatic nitrogens is 4. The van der Waals surface area contributed by atoms with Crippen LogP contribution in [0.5, 0.6) is 17.2 Å². The van der Waals surface area contributed by atoms with Gasteiger partial charge in [0.25, 0.3) is 5.91 Å². The second-order valence-electron chi connectivity index (χ2n) is 12.6. The molecule has 226 valence electrons. The molecule has 2 aliphatic carbocycles. The van der Waals surface area contributed by atoms with Crippen LogP contribution in [-0.4, -0.2) is 67.9 Å². The number of aromatic hydroxyl groups is 1. The van der Waals surface area contributed by atoms with E-state index in [2.05, 4.69) is 21.3 Å². The van der Waals surface area contributed by atoms with Crippen molar-refractivity contribution in [1.29, 1.82) is 0 Å². The number of carbonyl (C=O) groups is 1. The third-order valence-corrected chi connectivity index (χ3v) is 9.90. The van der Waals surface area contributed by atoms with E-state index in [0.29, 0.717) is 41.0 Å². The van der Waals surface area contributed by atoms with Gasteiger partial charge in [0.05, 0.1) is 31.1 Å². The summed E-state index contributed by atoms with van der Waals surface area (Å²) >= 11 is 0. The highest BCUT2D eigenvalue weighted by molar-refractivity contribution is 6.00. The maximum absolute atomic E-state index is 13.7. The van der Waals surface area contributed by atoms with E-state index in [9.17, 15) is 9.90 Å². The largest absolute Gasteiger partial charge is 0.504 e. The zero-order chi connectivity index (χ0) is 30.3. The van der Waals surface area contributed by atoms with Gasteiger partial charge >= 0.3 is 0 Å². The first kappa shape index (κ1) is 27.0. The van der Waals surface area contributed by atoms with E-state index >= 15 is 0 Å². The fraction of sp³-hybridized carbons (Fsp3) is 0.382. The van der Waals surface area contributed by atoms with Crippen molar-refractivity contribution in [2.24, 2.45) is 24.6 Å². The number of benzene rings is 2. The van der Waals surface area contributed by atoms with Crippen LogP contribution >= 0.6 is 0 Å². The number of methoxy groups -OCH3 is 2. The lowest BCUT2D eigenvalue weighted by atomic mass is 10.1. The monoisotopic (exact) mass is 592 g/mol. The Morgan fingerprint density at radius 2 is 1.82 bits per heavy atom. The highest BCUT2D eigenvalue weighted by Crippen LogP contribution is 2.40. The molecule has 3 N–H and O–H groups in total. The highest BCUT2D eigenvalue weighted by atomic mass is 16.5. The van der Waals surface area contributed by atoms with Crippen LogP contribution in [0, 0.1) is 11.8 Å². The van der Waals surface area contributed by atoms with E-state index in [-0.39, 0.29) is 23.7 Å². The number of hydrogen-bond donors (Lipinski definition) is 2. The van der Waals surface area contributed by atoms with Crippen LogP contribution in [0.25, 0.3) is 44.8 Å². The Labute approximate surface area is 255 Å². The van der Waals surface area contributed by atoms with E-state index in [1.54, 1.807) is 19.2 Å². The number of aryl methyl sites for hydroxylation is 1. The summed E-state index contributed by atoms with van der Waals surface area (Å²) in [5, 5.41) is 11.4. The number of carbonyl (C=O) groups excluding carboxylic acids is 1. The Hall–Kier alpha value is -4.57. The molecule has 3 atom stereocenters. The molecule has 0 radical (unpaired) electrons. The van der Waals surface area contributed by atoms with Gasteiger partial charge in [-0.3, -0.25) is 4.79 Å². The van der Waals surface area contributed by atoms with Crippen molar-refractivity contribution in [2.45, 2.75) is 44.3 Å². The Balaban J connectivity index is 1.23. The molecule has 1 amide bonds. The number of likely N-dealkylation sites (tertiary alicyclic amines) is 1. The zero-order valence-corrected chi connectivity index (χ0v) is 25.2. The Morgan fingerprint density at radius 3 is 2.50 bits per heavy atom. The summed E-state index contributed by atoms with van der Waals surface area (Å²) in [5.41, 5.74) is 11.9. The van der Waals surface area contributed by atoms with Crippen molar-refractivity contribution in [2.75, 3.05) is 20.8 Å².